The highest BCUT2D eigenvalue weighted by Gasteiger charge is 2.38. The molecule has 0 amide bonds. The van der Waals surface area contributed by atoms with Crippen molar-refractivity contribution < 1.29 is 27.3 Å². The maximum absolute atomic E-state index is 12.8. The second-order valence-electron chi connectivity index (χ2n) is 10.7. The van der Waals surface area contributed by atoms with Crippen molar-refractivity contribution in [2.75, 3.05) is 0 Å². The van der Waals surface area contributed by atoms with Crippen LogP contribution in [0.2, 0.25) is 78.6 Å². The van der Waals surface area contributed by atoms with Gasteiger partial charge in [-0.2, -0.15) is 0 Å². The number of hydrogen-bond donors (Lipinski definition) is 0. The van der Waals surface area contributed by atoms with Crippen LogP contribution in [0.4, 0.5) is 0 Å². The van der Waals surface area contributed by atoms with Crippen LogP contribution in [0.5, 0.6) is 0 Å². The normalized spacial score (nSPS) is 15.9. The van der Waals surface area contributed by atoms with Crippen molar-refractivity contribution in [3.8, 4) is 0 Å². The minimum atomic E-state index is -2.08. The Hall–Kier alpha value is -0.272. The summed E-state index contributed by atoms with van der Waals surface area (Å²) < 4.78 is 23.5. The summed E-state index contributed by atoms with van der Waals surface area (Å²) in [6.07, 6.45) is -1.51. The van der Waals surface area contributed by atoms with Gasteiger partial charge in [-0.15, -0.1) is 0 Å². The van der Waals surface area contributed by atoms with E-state index in [4.69, 9.17) is 17.7 Å². The molecule has 6 nitrogen and oxygen atoms in total. The van der Waals surface area contributed by atoms with Crippen molar-refractivity contribution >= 4 is 45.2 Å². The Morgan fingerprint density at radius 2 is 0.815 bits per heavy atom. The predicted octanol–water partition coefficient (Wildman–Crippen LogP) is 4.57. The lowest BCUT2D eigenvalue weighted by Crippen LogP contribution is -2.48. The molecule has 0 bridgehead atoms. The summed E-state index contributed by atoms with van der Waals surface area (Å²) in [5.74, 6) is -0.803. The number of hydrogen-bond acceptors (Lipinski definition) is 6. The first kappa shape index (κ1) is 26.7. The molecule has 27 heavy (non-hydrogen) atoms. The molecule has 0 aromatic rings. The lowest BCUT2D eigenvalue weighted by Gasteiger charge is -2.33. The Kier molecular flexibility index (Phi) is 9.39. The van der Waals surface area contributed by atoms with Crippen molar-refractivity contribution in [3.05, 3.63) is 0 Å². The molecular weight excluding hydrogens is 413 g/mol. The lowest BCUT2D eigenvalue weighted by atomic mass is 10.1. The van der Waals surface area contributed by atoms with Gasteiger partial charge in [0.05, 0.1) is 0 Å². The van der Waals surface area contributed by atoms with E-state index in [1.807, 2.05) is 78.6 Å². The fourth-order valence-corrected chi connectivity index (χ4v) is 5.73. The minimum absolute atomic E-state index is 0.126. The molecule has 0 aromatic heterocycles. The van der Waals surface area contributed by atoms with Gasteiger partial charge in [0.15, 0.2) is 16.6 Å². The minimum Gasteiger partial charge on any atom is -0.518 e. The van der Waals surface area contributed by atoms with Gasteiger partial charge in [-0.25, -0.2) is 0 Å². The standard InChI is InChI=1S/C17H40O6Si4/c1-24(2,3)20-14(16(18)22-26(7,8)9)13-15(21-25(4,5)6)17(19)23-27(10,11)12/h14-15H,13H2,1-12H3. The third-order valence-corrected chi connectivity index (χ3v) is 6.37. The molecule has 10 heteroatoms. The highest BCUT2D eigenvalue weighted by molar-refractivity contribution is 6.72. The van der Waals surface area contributed by atoms with Gasteiger partial charge in [-0.05, 0) is 78.6 Å². The first-order valence-corrected chi connectivity index (χ1v) is 23.1. The molecular formula is C17H40O6Si4. The third-order valence-electron chi connectivity index (χ3n) is 2.76. The second kappa shape index (κ2) is 9.48. The first-order chi connectivity index (χ1) is 11.7. The van der Waals surface area contributed by atoms with Gasteiger partial charge >= 0.3 is 11.9 Å². The van der Waals surface area contributed by atoms with Crippen LogP contribution in [0.1, 0.15) is 6.42 Å². The summed E-state index contributed by atoms with van der Waals surface area (Å²) in [4.78, 5) is 25.5. The predicted molar refractivity (Wildman–Crippen MR) is 120 cm³/mol. The maximum Gasteiger partial charge on any atom is 0.320 e. The monoisotopic (exact) mass is 452 g/mol. The van der Waals surface area contributed by atoms with Crippen molar-refractivity contribution in [1.82, 2.24) is 0 Å². The molecule has 160 valence electrons. The van der Waals surface area contributed by atoms with Gasteiger partial charge in [0.1, 0.15) is 12.2 Å². The molecule has 0 rings (SSSR count). The third kappa shape index (κ3) is 14.4. The van der Waals surface area contributed by atoms with E-state index in [1.165, 1.54) is 0 Å². The largest absolute Gasteiger partial charge is 0.518 e. The van der Waals surface area contributed by atoms with E-state index in [9.17, 15) is 9.59 Å². The highest BCUT2D eigenvalue weighted by atomic mass is 28.4. The molecule has 0 saturated carbocycles. The summed E-state index contributed by atoms with van der Waals surface area (Å²) in [6.45, 7) is 23.8. The average molecular weight is 453 g/mol. The van der Waals surface area contributed by atoms with Crippen LogP contribution in [0.25, 0.3) is 0 Å². The molecule has 0 saturated heterocycles. The summed E-state index contributed by atoms with van der Waals surface area (Å²) in [7, 11) is -8.23. The molecule has 0 aliphatic rings. The zero-order valence-corrected chi connectivity index (χ0v) is 23.3. The summed E-state index contributed by atoms with van der Waals surface area (Å²) in [6, 6.07) is 0. The Bertz CT molecular complexity index is 465. The van der Waals surface area contributed by atoms with Crippen LogP contribution in [0, 0.1) is 0 Å². The van der Waals surface area contributed by atoms with Crippen LogP contribution < -0.4 is 0 Å². The molecule has 2 unspecified atom stereocenters. The zero-order chi connectivity index (χ0) is 21.8. The van der Waals surface area contributed by atoms with E-state index < -0.39 is 57.4 Å². The summed E-state index contributed by atoms with van der Waals surface area (Å²) in [5, 5.41) is 0. The topological polar surface area (TPSA) is 71.1 Å². The van der Waals surface area contributed by atoms with E-state index in [1.54, 1.807) is 0 Å². The van der Waals surface area contributed by atoms with Crippen LogP contribution in [-0.4, -0.2) is 57.4 Å². The average Bonchev–Trinajstić information content (AvgIpc) is 2.29. The van der Waals surface area contributed by atoms with Crippen molar-refractivity contribution in [2.24, 2.45) is 0 Å². The fourth-order valence-electron chi connectivity index (χ4n) is 2.17. The molecule has 0 heterocycles. The maximum atomic E-state index is 12.8. The number of rotatable bonds is 10. The Balaban J connectivity index is 5.61. The number of carbonyl (C=O) groups is 2. The number of carbonyl (C=O) groups excluding carboxylic acids is 2. The zero-order valence-electron chi connectivity index (χ0n) is 19.3. The van der Waals surface area contributed by atoms with E-state index in [2.05, 4.69) is 0 Å². The molecule has 0 aliphatic heterocycles. The highest BCUT2D eigenvalue weighted by Crippen LogP contribution is 2.21. The van der Waals surface area contributed by atoms with Crippen LogP contribution in [0.3, 0.4) is 0 Å². The van der Waals surface area contributed by atoms with Crippen LogP contribution in [-0.2, 0) is 27.3 Å². The smallest absolute Gasteiger partial charge is 0.320 e. The Morgan fingerprint density at radius 3 is 1.00 bits per heavy atom. The van der Waals surface area contributed by atoms with E-state index >= 15 is 0 Å². The van der Waals surface area contributed by atoms with Gasteiger partial charge in [-0.1, -0.05) is 0 Å². The summed E-state index contributed by atoms with van der Waals surface area (Å²) in [5.41, 5.74) is 0. The van der Waals surface area contributed by atoms with Crippen molar-refractivity contribution in [3.63, 3.8) is 0 Å². The Labute approximate surface area is 169 Å². The van der Waals surface area contributed by atoms with Crippen LogP contribution >= 0.6 is 0 Å². The van der Waals surface area contributed by atoms with Gasteiger partial charge < -0.3 is 17.7 Å². The molecule has 0 aromatic carbocycles. The fraction of sp³-hybridized carbons (Fsp3) is 0.882. The van der Waals surface area contributed by atoms with E-state index in [0.717, 1.165) is 0 Å². The molecule has 0 spiro atoms. The quantitative estimate of drug-likeness (QED) is 0.452. The second-order valence-corrected chi connectivity index (χ2v) is 28.5. The van der Waals surface area contributed by atoms with E-state index in [0.29, 0.717) is 0 Å². The van der Waals surface area contributed by atoms with Crippen LogP contribution in [0.15, 0.2) is 0 Å². The lowest BCUT2D eigenvalue weighted by molar-refractivity contribution is -0.149. The van der Waals surface area contributed by atoms with Crippen molar-refractivity contribution in [1.29, 1.82) is 0 Å². The van der Waals surface area contributed by atoms with Gasteiger partial charge in [0.2, 0.25) is 16.6 Å². The molecule has 0 N–H and O–H groups in total. The molecule has 0 aliphatic carbocycles. The SMILES string of the molecule is C[Si](C)(C)OC(=O)C(CC(O[Si](C)(C)C)C(=O)O[Si](C)(C)C)O[Si](C)(C)C. The van der Waals surface area contributed by atoms with Gasteiger partial charge in [0, 0.05) is 6.42 Å². The van der Waals surface area contributed by atoms with E-state index in [-0.39, 0.29) is 6.42 Å². The molecule has 0 radical (unpaired) electrons. The first-order valence-electron chi connectivity index (χ1n) is 9.50. The molecule has 0 fully saturated rings. The molecule has 2 atom stereocenters. The van der Waals surface area contributed by atoms with Gasteiger partial charge in [0.25, 0.3) is 0 Å². The summed E-state index contributed by atoms with van der Waals surface area (Å²) >= 11 is 0. The van der Waals surface area contributed by atoms with Gasteiger partial charge in [-0.3, -0.25) is 9.59 Å². The Morgan fingerprint density at radius 1 is 0.556 bits per heavy atom. The van der Waals surface area contributed by atoms with Crippen molar-refractivity contribution in [2.45, 2.75) is 97.2 Å².